The summed E-state index contributed by atoms with van der Waals surface area (Å²) in [6.07, 6.45) is 0. The molecule has 0 aromatic heterocycles. The monoisotopic (exact) mass is 240 g/mol. The van der Waals surface area contributed by atoms with Crippen molar-refractivity contribution in [2.75, 3.05) is 38.1 Å². The molecule has 3 nitrogen and oxygen atoms in total. The fourth-order valence-electron chi connectivity index (χ4n) is 2.07. The van der Waals surface area contributed by atoms with Crippen LogP contribution >= 0.6 is 11.6 Å². The van der Waals surface area contributed by atoms with Gasteiger partial charge in [0.2, 0.25) is 0 Å². The molecule has 0 amide bonds. The van der Waals surface area contributed by atoms with Crippen molar-refractivity contribution < 1.29 is 5.11 Å². The van der Waals surface area contributed by atoms with Crippen molar-refractivity contribution in [1.29, 1.82) is 0 Å². The fourth-order valence-corrected chi connectivity index (χ4v) is 2.39. The standard InChI is InChI=1S/C12H17ClN2O/c1-14-5-7-15(8-6-14)12-10(9-16)3-2-4-11(12)13/h2-4,16H,5-9H2,1H3. The van der Waals surface area contributed by atoms with Crippen LogP contribution in [0, 0.1) is 0 Å². The topological polar surface area (TPSA) is 26.7 Å². The highest BCUT2D eigenvalue weighted by Gasteiger charge is 2.18. The maximum Gasteiger partial charge on any atom is 0.0702 e. The van der Waals surface area contributed by atoms with Crippen LogP contribution in [-0.4, -0.2) is 43.2 Å². The van der Waals surface area contributed by atoms with E-state index in [4.69, 9.17) is 11.6 Å². The summed E-state index contributed by atoms with van der Waals surface area (Å²) in [4.78, 5) is 4.56. The predicted octanol–water partition coefficient (Wildman–Crippen LogP) is 1.58. The average Bonchev–Trinajstić information content (AvgIpc) is 2.30. The molecule has 1 aliphatic rings. The first kappa shape index (κ1) is 11.7. The summed E-state index contributed by atoms with van der Waals surface area (Å²) in [6.45, 7) is 4.05. The molecule has 88 valence electrons. The Balaban J connectivity index is 2.25. The molecule has 1 aliphatic heterocycles. The zero-order valence-electron chi connectivity index (χ0n) is 9.49. The van der Waals surface area contributed by atoms with Gasteiger partial charge < -0.3 is 14.9 Å². The van der Waals surface area contributed by atoms with Gasteiger partial charge in [0.1, 0.15) is 0 Å². The molecule has 1 heterocycles. The number of hydrogen-bond acceptors (Lipinski definition) is 3. The Hall–Kier alpha value is -0.770. The van der Waals surface area contributed by atoms with Crippen LogP contribution in [0.3, 0.4) is 0 Å². The number of nitrogens with zero attached hydrogens (tertiary/aromatic N) is 2. The van der Waals surface area contributed by atoms with E-state index in [9.17, 15) is 5.11 Å². The first-order valence-electron chi connectivity index (χ1n) is 5.54. The Morgan fingerprint density at radius 2 is 1.94 bits per heavy atom. The minimum absolute atomic E-state index is 0.0439. The smallest absolute Gasteiger partial charge is 0.0702 e. The van der Waals surface area contributed by atoms with Crippen LogP contribution in [-0.2, 0) is 6.61 Å². The van der Waals surface area contributed by atoms with Crippen LogP contribution in [0.5, 0.6) is 0 Å². The lowest BCUT2D eigenvalue weighted by molar-refractivity contribution is 0.280. The molecule has 0 saturated carbocycles. The van der Waals surface area contributed by atoms with Gasteiger partial charge >= 0.3 is 0 Å². The molecule has 0 spiro atoms. The van der Waals surface area contributed by atoms with Gasteiger partial charge in [0.05, 0.1) is 17.3 Å². The molecule has 1 N–H and O–H groups in total. The second-order valence-electron chi connectivity index (χ2n) is 4.20. The average molecular weight is 241 g/mol. The lowest BCUT2D eigenvalue weighted by Gasteiger charge is -2.35. The van der Waals surface area contributed by atoms with E-state index >= 15 is 0 Å². The molecule has 0 unspecified atom stereocenters. The largest absolute Gasteiger partial charge is 0.392 e. The van der Waals surface area contributed by atoms with Crippen molar-refractivity contribution in [2.45, 2.75) is 6.61 Å². The van der Waals surface area contributed by atoms with Crippen LogP contribution in [0.25, 0.3) is 0 Å². The maximum atomic E-state index is 9.33. The summed E-state index contributed by atoms with van der Waals surface area (Å²) in [5, 5.41) is 10.1. The van der Waals surface area contributed by atoms with Gasteiger partial charge in [0, 0.05) is 31.7 Å². The number of likely N-dealkylation sites (N-methyl/N-ethyl adjacent to an activating group) is 1. The summed E-state index contributed by atoms with van der Waals surface area (Å²) in [5.41, 5.74) is 1.91. The van der Waals surface area contributed by atoms with Crippen LogP contribution in [0.15, 0.2) is 18.2 Å². The number of piperazine rings is 1. The van der Waals surface area contributed by atoms with Gasteiger partial charge in [-0.25, -0.2) is 0 Å². The molecule has 0 radical (unpaired) electrons. The highest BCUT2D eigenvalue weighted by Crippen LogP contribution is 2.30. The predicted molar refractivity (Wildman–Crippen MR) is 67.1 cm³/mol. The summed E-state index contributed by atoms with van der Waals surface area (Å²) in [7, 11) is 2.12. The SMILES string of the molecule is CN1CCN(c2c(Cl)cccc2CO)CC1. The first-order chi connectivity index (χ1) is 7.72. The molecular formula is C12H17ClN2O. The second-order valence-corrected chi connectivity index (χ2v) is 4.60. The third-order valence-corrected chi connectivity index (χ3v) is 3.37. The molecule has 1 aromatic carbocycles. The number of benzene rings is 1. The zero-order chi connectivity index (χ0) is 11.5. The Morgan fingerprint density at radius 1 is 1.25 bits per heavy atom. The van der Waals surface area contributed by atoms with E-state index in [0.29, 0.717) is 0 Å². The van der Waals surface area contributed by atoms with E-state index < -0.39 is 0 Å². The lowest BCUT2D eigenvalue weighted by atomic mass is 10.1. The van der Waals surface area contributed by atoms with Crippen molar-refractivity contribution in [1.82, 2.24) is 4.90 Å². The first-order valence-corrected chi connectivity index (χ1v) is 5.92. The number of aliphatic hydroxyl groups excluding tert-OH is 1. The molecule has 1 saturated heterocycles. The fraction of sp³-hybridized carbons (Fsp3) is 0.500. The molecule has 1 aromatic rings. The van der Waals surface area contributed by atoms with E-state index in [1.54, 1.807) is 0 Å². The van der Waals surface area contributed by atoms with Crippen molar-refractivity contribution >= 4 is 17.3 Å². The minimum atomic E-state index is 0.0439. The minimum Gasteiger partial charge on any atom is -0.392 e. The van der Waals surface area contributed by atoms with Crippen LogP contribution in [0.1, 0.15) is 5.56 Å². The number of anilines is 1. The Kier molecular flexibility index (Phi) is 3.69. The molecular weight excluding hydrogens is 224 g/mol. The van der Waals surface area contributed by atoms with Gasteiger partial charge in [-0.1, -0.05) is 23.7 Å². The van der Waals surface area contributed by atoms with Crippen molar-refractivity contribution in [3.63, 3.8) is 0 Å². The van der Waals surface area contributed by atoms with Crippen molar-refractivity contribution in [3.05, 3.63) is 28.8 Å². The summed E-state index contributed by atoms with van der Waals surface area (Å²) < 4.78 is 0. The van der Waals surface area contributed by atoms with Gasteiger partial charge in [-0.2, -0.15) is 0 Å². The molecule has 0 atom stereocenters. The van der Waals surface area contributed by atoms with Crippen LogP contribution in [0.4, 0.5) is 5.69 Å². The van der Waals surface area contributed by atoms with Crippen LogP contribution < -0.4 is 4.90 Å². The van der Waals surface area contributed by atoms with Gasteiger partial charge in [-0.15, -0.1) is 0 Å². The molecule has 4 heteroatoms. The van der Waals surface area contributed by atoms with Crippen molar-refractivity contribution in [2.24, 2.45) is 0 Å². The summed E-state index contributed by atoms with van der Waals surface area (Å²) in [5.74, 6) is 0. The van der Waals surface area contributed by atoms with Crippen molar-refractivity contribution in [3.8, 4) is 0 Å². The summed E-state index contributed by atoms with van der Waals surface area (Å²) >= 11 is 6.21. The number of halogens is 1. The zero-order valence-corrected chi connectivity index (χ0v) is 10.2. The van der Waals surface area contributed by atoms with Gasteiger partial charge in [0.15, 0.2) is 0 Å². The number of hydrogen-bond donors (Lipinski definition) is 1. The maximum absolute atomic E-state index is 9.33. The van der Waals surface area contributed by atoms with Gasteiger partial charge in [-0.3, -0.25) is 0 Å². The summed E-state index contributed by atoms with van der Waals surface area (Å²) in [6, 6.07) is 5.70. The highest BCUT2D eigenvalue weighted by molar-refractivity contribution is 6.33. The van der Waals surface area contributed by atoms with E-state index in [-0.39, 0.29) is 6.61 Å². The van der Waals surface area contributed by atoms with E-state index in [2.05, 4.69) is 16.8 Å². The van der Waals surface area contributed by atoms with E-state index in [0.717, 1.165) is 42.5 Å². The van der Waals surface area contributed by atoms with E-state index in [1.165, 1.54) is 0 Å². The lowest BCUT2D eigenvalue weighted by Crippen LogP contribution is -2.45. The number of aliphatic hydroxyl groups is 1. The Labute approximate surface area is 101 Å². The van der Waals surface area contributed by atoms with Gasteiger partial charge in [-0.05, 0) is 13.1 Å². The van der Waals surface area contributed by atoms with E-state index in [1.807, 2.05) is 18.2 Å². The molecule has 0 bridgehead atoms. The quantitative estimate of drug-likeness (QED) is 0.851. The Morgan fingerprint density at radius 3 is 2.56 bits per heavy atom. The molecule has 0 aliphatic carbocycles. The molecule has 1 fully saturated rings. The third-order valence-electron chi connectivity index (χ3n) is 3.06. The highest BCUT2D eigenvalue weighted by atomic mass is 35.5. The third kappa shape index (κ3) is 2.32. The number of rotatable bonds is 2. The normalized spacial score (nSPS) is 17.8. The van der Waals surface area contributed by atoms with Gasteiger partial charge in [0.25, 0.3) is 0 Å². The number of para-hydroxylation sites is 1. The second kappa shape index (κ2) is 5.04. The Bertz CT molecular complexity index is 362. The van der Waals surface area contributed by atoms with Crippen LogP contribution in [0.2, 0.25) is 5.02 Å². The molecule has 2 rings (SSSR count). The molecule has 16 heavy (non-hydrogen) atoms.